The number of hydrogen-bond acceptors (Lipinski definition) is 5. The second-order valence-corrected chi connectivity index (χ2v) is 4.82. The lowest BCUT2D eigenvalue weighted by molar-refractivity contribution is -0.134. The maximum Gasteiger partial charge on any atom is 0.244 e. The number of amides is 1. The van der Waals surface area contributed by atoms with Crippen molar-refractivity contribution in [1.82, 2.24) is 19.6 Å². The lowest BCUT2D eigenvalue weighted by Gasteiger charge is -2.35. The van der Waals surface area contributed by atoms with Crippen molar-refractivity contribution in [3.05, 3.63) is 18.0 Å². The minimum atomic E-state index is -0.641. The Morgan fingerprint density at radius 2 is 2.16 bits per heavy atom. The minimum absolute atomic E-state index is 0.0587. The van der Waals surface area contributed by atoms with Gasteiger partial charge in [-0.15, -0.1) is 0 Å². The number of carbonyl (C=O) groups excluding carboxylic acids is 1. The first-order chi connectivity index (χ1) is 9.11. The van der Waals surface area contributed by atoms with Gasteiger partial charge < -0.3 is 15.7 Å². The Kier molecular flexibility index (Phi) is 4.52. The van der Waals surface area contributed by atoms with E-state index in [-0.39, 0.29) is 12.5 Å². The number of nitrogens with zero attached hydrogens (tertiary/aromatic N) is 4. The van der Waals surface area contributed by atoms with E-state index in [1.807, 2.05) is 0 Å². The van der Waals surface area contributed by atoms with Gasteiger partial charge in [0, 0.05) is 51.5 Å². The van der Waals surface area contributed by atoms with Crippen LogP contribution < -0.4 is 5.73 Å². The number of aliphatic hydroxyl groups is 1. The van der Waals surface area contributed by atoms with Crippen LogP contribution in [0.15, 0.2) is 12.4 Å². The molecule has 1 fully saturated rings. The second kappa shape index (κ2) is 6.14. The smallest absolute Gasteiger partial charge is 0.244 e. The van der Waals surface area contributed by atoms with E-state index in [1.54, 1.807) is 29.0 Å². The van der Waals surface area contributed by atoms with E-state index < -0.39 is 6.04 Å². The summed E-state index contributed by atoms with van der Waals surface area (Å²) in [5.41, 5.74) is 6.72. The first-order valence-corrected chi connectivity index (χ1v) is 6.48. The molecule has 1 aromatic heterocycles. The molecule has 7 heteroatoms. The second-order valence-electron chi connectivity index (χ2n) is 4.82. The first-order valence-electron chi connectivity index (χ1n) is 6.48. The largest absolute Gasteiger partial charge is 0.395 e. The average Bonchev–Trinajstić information content (AvgIpc) is 2.85. The Balaban J connectivity index is 1.90. The fourth-order valence-electron chi connectivity index (χ4n) is 2.27. The molecule has 1 amide bonds. The van der Waals surface area contributed by atoms with Gasteiger partial charge in [0.2, 0.25) is 5.91 Å². The van der Waals surface area contributed by atoms with Crippen LogP contribution in [-0.2, 0) is 11.8 Å². The quantitative estimate of drug-likeness (QED) is 0.697. The van der Waals surface area contributed by atoms with Crippen LogP contribution in [0.1, 0.15) is 11.6 Å². The summed E-state index contributed by atoms with van der Waals surface area (Å²) in [5, 5.41) is 12.9. The third-order valence-electron chi connectivity index (χ3n) is 3.45. The van der Waals surface area contributed by atoms with Gasteiger partial charge in [0.15, 0.2) is 0 Å². The van der Waals surface area contributed by atoms with Crippen LogP contribution in [0.2, 0.25) is 0 Å². The van der Waals surface area contributed by atoms with E-state index >= 15 is 0 Å². The lowest BCUT2D eigenvalue weighted by Crippen LogP contribution is -2.51. The predicted molar refractivity (Wildman–Crippen MR) is 70.2 cm³/mol. The highest BCUT2D eigenvalue weighted by Crippen LogP contribution is 2.13. The van der Waals surface area contributed by atoms with E-state index in [1.165, 1.54) is 0 Å². The summed E-state index contributed by atoms with van der Waals surface area (Å²) in [6.45, 7) is 3.71. The standard InChI is InChI=1S/C12H21N5O2/c1-15-9-10(8-14-15)11(13)12(19)17-4-2-16(3-5-17)6-7-18/h8-9,11,18H,2-7,13H2,1H3. The topological polar surface area (TPSA) is 87.6 Å². The molecule has 2 heterocycles. The third kappa shape index (κ3) is 3.31. The van der Waals surface area contributed by atoms with E-state index in [0.29, 0.717) is 19.6 Å². The Morgan fingerprint density at radius 3 is 2.68 bits per heavy atom. The maximum atomic E-state index is 12.3. The van der Waals surface area contributed by atoms with Crippen LogP contribution in [0, 0.1) is 0 Å². The zero-order chi connectivity index (χ0) is 13.8. The van der Waals surface area contributed by atoms with E-state index in [9.17, 15) is 4.79 Å². The predicted octanol–water partition coefficient (Wildman–Crippen LogP) is -1.44. The van der Waals surface area contributed by atoms with Gasteiger partial charge in [0.25, 0.3) is 0 Å². The van der Waals surface area contributed by atoms with Crippen LogP contribution in [0.25, 0.3) is 0 Å². The molecule has 1 saturated heterocycles. The molecule has 1 aromatic rings. The van der Waals surface area contributed by atoms with Gasteiger partial charge in [-0.25, -0.2) is 0 Å². The molecule has 0 spiro atoms. The number of hydrogen-bond donors (Lipinski definition) is 2. The number of β-amino-alcohol motifs (C(OH)–C–C–N with tert-alkyl or cyclic N) is 1. The molecule has 0 aliphatic carbocycles. The summed E-state index contributed by atoms with van der Waals surface area (Å²) < 4.78 is 1.64. The normalized spacial score (nSPS) is 18.6. The monoisotopic (exact) mass is 267 g/mol. The summed E-state index contributed by atoms with van der Waals surface area (Å²) in [7, 11) is 1.80. The molecule has 7 nitrogen and oxygen atoms in total. The number of piperazine rings is 1. The zero-order valence-corrected chi connectivity index (χ0v) is 11.2. The van der Waals surface area contributed by atoms with Crippen LogP contribution in [0.4, 0.5) is 0 Å². The fourth-order valence-corrected chi connectivity index (χ4v) is 2.27. The SMILES string of the molecule is Cn1cc(C(N)C(=O)N2CCN(CCO)CC2)cn1. The van der Waals surface area contributed by atoms with Gasteiger partial charge in [-0.2, -0.15) is 5.10 Å². The molecule has 1 aliphatic heterocycles. The van der Waals surface area contributed by atoms with Crippen LogP contribution in [0.5, 0.6) is 0 Å². The molecule has 0 radical (unpaired) electrons. The Hall–Kier alpha value is -1.44. The number of carbonyl (C=O) groups is 1. The fraction of sp³-hybridized carbons (Fsp3) is 0.667. The van der Waals surface area contributed by atoms with Crippen LogP contribution >= 0.6 is 0 Å². The molecule has 0 bridgehead atoms. The summed E-state index contributed by atoms with van der Waals surface area (Å²) >= 11 is 0. The number of nitrogens with two attached hydrogens (primary N) is 1. The summed E-state index contributed by atoms with van der Waals surface area (Å²) in [4.78, 5) is 16.2. The molecule has 2 rings (SSSR count). The summed E-state index contributed by atoms with van der Waals surface area (Å²) in [5.74, 6) is -0.0587. The van der Waals surface area contributed by atoms with Crippen molar-refractivity contribution in [2.45, 2.75) is 6.04 Å². The Bertz CT molecular complexity index is 426. The Morgan fingerprint density at radius 1 is 1.47 bits per heavy atom. The molecule has 0 saturated carbocycles. The van der Waals surface area contributed by atoms with Crippen LogP contribution in [0.3, 0.4) is 0 Å². The highest BCUT2D eigenvalue weighted by Gasteiger charge is 2.26. The van der Waals surface area contributed by atoms with Crippen molar-refractivity contribution in [1.29, 1.82) is 0 Å². The van der Waals surface area contributed by atoms with Crippen molar-refractivity contribution in [2.24, 2.45) is 12.8 Å². The highest BCUT2D eigenvalue weighted by molar-refractivity contribution is 5.83. The molecule has 1 unspecified atom stereocenters. The summed E-state index contributed by atoms with van der Waals surface area (Å²) in [6, 6.07) is -0.641. The van der Waals surface area contributed by atoms with E-state index in [2.05, 4.69) is 10.00 Å². The molecular weight excluding hydrogens is 246 g/mol. The van der Waals surface area contributed by atoms with Gasteiger partial charge in [-0.1, -0.05) is 0 Å². The van der Waals surface area contributed by atoms with Gasteiger partial charge in [-0.05, 0) is 0 Å². The molecule has 106 valence electrons. The van der Waals surface area contributed by atoms with Gasteiger partial charge >= 0.3 is 0 Å². The summed E-state index contributed by atoms with van der Waals surface area (Å²) in [6.07, 6.45) is 3.40. The van der Waals surface area contributed by atoms with Gasteiger partial charge in [0.1, 0.15) is 6.04 Å². The number of aryl methyl sites for hydroxylation is 1. The Labute approximate surface area is 112 Å². The van der Waals surface area contributed by atoms with Crippen LogP contribution in [-0.4, -0.2) is 69.9 Å². The molecule has 1 atom stereocenters. The van der Waals surface area contributed by atoms with Crippen molar-refractivity contribution < 1.29 is 9.90 Å². The van der Waals surface area contributed by atoms with Crippen molar-refractivity contribution >= 4 is 5.91 Å². The minimum Gasteiger partial charge on any atom is -0.395 e. The third-order valence-corrected chi connectivity index (χ3v) is 3.45. The van der Waals surface area contributed by atoms with Crippen molar-refractivity contribution in [3.8, 4) is 0 Å². The molecule has 0 aromatic carbocycles. The maximum absolute atomic E-state index is 12.3. The lowest BCUT2D eigenvalue weighted by atomic mass is 10.1. The van der Waals surface area contributed by atoms with E-state index in [4.69, 9.17) is 10.8 Å². The molecule has 1 aliphatic rings. The number of aromatic nitrogens is 2. The number of rotatable bonds is 4. The zero-order valence-electron chi connectivity index (χ0n) is 11.2. The van der Waals surface area contributed by atoms with Crippen molar-refractivity contribution in [2.75, 3.05) is 39.3 Å². The molecular formula is C12H21N5O2. The van der Waals surface area contributed by atoms with E-state index in [0.717, 1.165) is 18.7 Å². The van der Waals surface area contributed by atoms with Gasteiger partial charge in [0.05, 0.1) is 12.8 Å². The van der Waals surface area contributed by atoms with Crippen molar-refractivity contribution in [3.63, 3.8) is 0 Å². The average molecular weight is 267 g/mol. The molecule has 3 N–H and O–H groups in total. The highest BCUT2D eigenvalue weighted by atomic mass is 16.3. The first kappa shape index (κ1) is 14.0. The van der Waals surface area contributed by atoms with Gasteiger partial charge in [-0.3, -0.25) is 14.4 Å². The number of aliphatic hydroxyl groups excluding tert-OH is 1. The molecule has 19 heavy (non-hydrogen) atoms.